The molecular formula is C19H21N3O2S. The highest BCUT2D eigenvalue weighted by atomic mass is 32.1. The summed E-state index contributed by atoms with van der Waals surface area (Å²) in [5, 5.41) is 3.59. The van der Waals surface area contributed by atoms with Gasteiger partial charge >= 0.3 is 0 Å². The van der Waals surface area contributed by atoms with E-state index in [0.29, 0.717) is 11.9 Å². The predicted molar refractivity (Wildman–Crippen MR) is 103 cm³/mol. The van der Waals surface area contributed by atoms with Crippen molar-refractivity contribution in [3.05, 3.63) is 56.4 Å². The number of hydrogen-bond acceptors (Lipinski definition) is 4. The number of anilines is 1. The third-order valence-electron chi connectivity index (χ3n) is 4.40. The zero-order chi connectivity index (χ0) is 18.1. The van der Waals surface area contributed by atoms with Crippen molar-refractivity contribution in [3.63, 3.8) is 0 Å². The van der Waals surface area contributed by atoms with Crippen LogP contribution in [0.1, 0.15) is 28.0 Å². The van der Waals surface area contributed by atoms with Crippen LogP contribution < -0.4 is 10.9 Å². The molecule has 5 nitrogen and oxygen atoms in total. The molecule has 3 rings (SSSR count). The van der Waals surface area contributed by atoms with E-state index >= 15 is 0 Å². The molecule has 0 aliphatic heterocycles. The molecule has 0 atom stereocenters. The first-order valence-electron chi connectivity index (χ1n) is 8.19. The van der Waals surface area contributed by atoms with Gasteiger partial charge in [0.15, 0.2) is 0 Å². The lowest BCUT2D eigenvalue weighted by Gasteiger charge is -2.10. The number of thiophene rings is 1. The fraction of sp³-hybridized carbons (Fsp3) is 0.316. The molecular weight excluding hydrogens is 334 g/mol. The Hall–Kier alpha value is -2.47. The molecule has 0 unspecified atom stereocenters. The number of carbonyl (C=O) groups is 1. The second-order valence-electron chi connectivity index (χ2n) is 6.32. The van der Waals surface area contributed by atoms with Crippen molar-refractivity contribution in [1.29, 1.82) is 0 Å². The van der Waals surface area contributed by atoms with E-state index < -0.39 is 0 Å². The zero-order valence-corrected chi connectivity index (χ0v) is 15.7. The van der Waals surface area contributed by atoms with Crippen LogP contribution in [0, 0.1) is 27.7 Å². The number of carbonyl (C=O) groups excluding carboxylic acids is 1. The Bertz CT molecular complexity index is 1020. The summed E-state index contributed by atoms with van der Waals surface area (Å²) in [6.45, 7) is 8.19. The summed E-state index contributed by atoms with van der Waals surface area (Å²) >= 11 is 1.53. The van der Waals surface area contributed by atoms with Crippen molar-refractivity contribution in [2.75, 3.05) is 5.32 Å². The SMILES string of the molecule is Cc1ccc(C)c(NC(=O)CCn2cnc3sc(C)c(C)c3c2=O)c1. The third kappa shape index (κ3) is 3.49. The predicted octanol–water partition coefficient (Wildman–Crippen LogP) is 3.72. The van der Waals surface area contributed by atoms with Crippen LogP contribution in [-0.2, 0) is 11.3 Å². The van der Waals surface area contributed by atoms with Crippen LogP contribution in [0.25, 0.3) is 10.2 Å². The maximum Gasteiger partial charge on any atom is 0.262 e. The summed E-state index contributed by atoms with van der Waals surface area (Å²) in [5.74, 6) is -0.112. The molecule has 2 aromatic heterocycles. The molecule has 0 radical (unpaired) electrons. The summed E-state index contributed by atoms with van der Waals surface area (Å²) in [6.07, 6.45) is 1.76. The van der Waals surface area contributed by atoms with E-state index in [0.717, 1.165) is 32.1 Å². The highest BCUT2D eigenvalue weighted by Gasteiger charge is 2.13. The van der Waals surface area contributed by atoms with Gasteiger partial charge in [0.05, 0.1) is 11.7 Å². The van der Waals surface area contributed by atoms with E-state index in [1.54, 1.807) is 0 Å². The maximum absolute atomic E-state index is 12.6. The largest absolute Gasteiger partial charge is 0.326 e. The van der Waals surface area contributed by atoms with Gasteiger partial charge in [-0.1, -0.05) is 12.1 Å². The van der Waals surface area contributed by atoms with Gasteiger partial charge in [0.2, 0.25) is 5.91 Å². The van der Waals surface area contributed by atoms with Gasteiger partial charge in [-0.25, -0.2) is 4.98 Å². The second kappa shape index (κ2) is 6.80. The normalized spacial score (nSPS) is 11.0. The monoisotopic (exact) mass is 355 g/mol. The van der Waals surface area contributed by atoms with Crippen molar-refractivity contribution in [1.82, 2.24) is 9.55 Å². The van der Waals surface area contributed by atoms with E-state index in [1.807, 2.05) is 45.9 Å². The lowest BCUT2D eigenvalue weighted by Crippen LogP contribution is -2.23. The Morgan fingerprint density at radius 2 is 2.00 bits per heavy atom. The number of rotatable bonds is 4. The second-order valence-corrected chi connectivity index (χ2v) is 7.53. The number of aryl methyl sites for hydroxylation is 5. The van der Waals surface area contributed by atoms with Crippen LogP contribution in [0.2, 0.25) is 0 Å². The molecule has 0 saturated carbocycles. The van der Waals surface area contributed by atoms with Crippen molar-refractivity contribution in [2.45, 2.75) is 40.7 Å². The zero-order valence-electron chi connectivity index (χ0n) is 14.8. The van der Waals surface area contributed by atoms with Crippen molar-refractivity contribution >= 4 is 33.1 Å². The number of nitrogens with zero attached hydrogens (tertiary/aromatic N) is 2. The molecule has 0 aliphatic rings. The van der Waals surface area contributed by atoms with Gasteiger partial charge in [-0.15, -0.1) is 11.3 Å². The molecule has 1 amide bonds. The Balaban J connectivity index is 1.75. The van der Waals surface area contributed by atoms with Crippen LogP contribution in [0.3, 0.4) is 0 Å². The van der Waals surface area contributed by atoms with Gasteiger partial charge < -0.3 is 5.32 Å². The van der Waals surface area contributed by atoms with Gasteiger partial charge in [0, 0.05) is 23.5 Å². The average Bonchev–Trinajstić information content (AvgIpc) is 2.85. The fourth-order valence-electron chi connectivity index (χ4n) is 2.73. The molecule has 1 aromatic carbocycles. The molecule has 0 fully saturated rings. The maximum atomic E-state index is 12.6. The molecule has 2 heterocycles. The molecule has 3 aromatic rings. The van der Waals surface area contributed by atoms with Crippen LogP contribution in [-0.4, -0.2) is 15.5 Å². The molecule has 0 aliphatic carbocycles. The number of fused-ring (bicyclic) bond motifs is 1. The molecule has 130 valence electrons. The smallest absolute Gasteiger partial charge is 0.262 e. The van der Waals surface area contributed by atoms with Gasteiger partial charge in [-0.05, 0) is 50.5 Å². The van der Waals surface area contributed by atoms with Crippen LogP contribution in [0.5, 0.6) is 0 Å². The van der Waals surface area contributed by atoms with Crippen molar-refractivity contribution < 1.29 is 4.79 Å². The number of amides is 1. The van der Waals surface area contributed by atoms with E-state index in [4.69, 9.17) is 0 Å². The summed E-state index contributed by atoms with van der Waals surface area (Å²) in [7, 11) is 0. The molecule has 1 N–H and O–H groups in total. The minimum atomic E-state index is -0.112. The number of hydrogen-bond donors (Lipinski definition) is 1. The van der Waals surface area contributed by atoms with Gasteiger partial charge in [0.25, 0.3) is 5.56 Å². The molecule has 0 saturated heterocycles. The molecule has 0 bridgehead atoms. The summed E-state index contributed by atoms with van der Waals surface area (Å²) in [5.41, 5.74) is 3.83. The van der Waals surface area contributed by atoms with Crippen molar-refractivity contribution in [3.8, 4) is 0 Å². The lowest BCUT2D eigenvalue weighted by atomic mass is 10.1. The van der Waals surface area contributed by atoms with Crippen LogP contribution >= 0.6 is 11.3 Å². The molecule has 25 heavy (non-hydrogen) atoms. The highest BCUT2D eigenvalue weighted by molar-refractivity contribution is 7.18. The van der Waals surface area contributed by atoms with Gasteiger partial charge in [-0.3, -0.25) is 14.2 Å². The summed E-state index contributed by atoms with van der Waals surface area (Å²) in [4.78, 5) is 31.1. The minimum Gasteiger partial charge on any atom is -0.326 e. The number of benzene rings is 1. The third-order valence-corrected chi connectivity index (χ3v) is 5.52. The number of nitrogens with one attached hydrogen (secondary N) is 1. The van der Waals surface area contributed by atoms with Gasteiger partial charge in [0.1, 0.15) is 4.83 Å². The highest BCUT2D eigenvalue weighted by Crippen LogP contribution is 2.25. The summed E-state index contributed by atoms with van der Waals surface area (Å²) in [6, 6.07) is 5.94. The Morgan fingerprint density at radius 3 is 2.76 bits per heavy atom. The summed E-state index contributed by atoms with van der Waals surface area (Å²) < 4.78 is 1.52. The van der Waals surface area contributed by atoms with Gasteiger partial charge in [-0.2, -0.15) is 0 Å². The topological polar surface area (TPSA) is 64.0 Å². The first kappa shape index (κ1) is 17.4. The van der Waals surface area contributed by atoms with E-state index in [9.17, 15) is 9.59 Å². The Labute approximate surface area is 150 Å². The number of aromatic nitrogens is 2. The molecule has 0 spiro atoms. The first-order chi connectivity index (χ1) is 11.9. The minimum absolute atomic E-state index is 0.0774. The van der Waals surface area contributed by atoms with E-state index in [1.165, 1.54) is 22.2 Å². The Morgan fingerprint density at radius 1 is 1.24 bits per heavy atom. The van der Waals surface area contributed by atoms with Crippen LogP contribution in [0.4, 0.5) is 5.69 Å². The van der Waals surface area contributed by atoms with E-state index in [2.05, 4.69) is 10.3 Å². The fourth-order valence-corrected chi connectivity index (χ4v) is 3.72. The van der Waals surface area contributed by atoms with E-state index in [-0.39, 0.29) is 17.9 Å². The Kier molecular flexibility index (Phi) is 4.72. The van der Waals surface area contributed by atoms with Crippen LogP contribution in [0.15, 0.2) is 29.3 Å². The van der Waals surface area contributed by atoms with Crippen molar-refractivity contribution in [2.24, 2.45) is 0 Å². The standard InChI is InChI=1S/C19H21N3O2S/c1-11-5-6-12(2)15(9-11)21-16(23)7-8-22-10-20-18-17(19(22)24)13(3)14(4)25-18/h5-6,9-10H,7-8H2,1-4H3,(H,21,23). The quantitative estimate of drug-likeness (QED) is 0.776. The lowest BCUT2D eigenvalue weighted by molar-refractivity contribution is -0.116. The molecule has 6 heteroatoms. The average molecular weight is 355 g/mol. The first-order valence-corrected chi connectivity index (χ1v) is 9.00.